The van der Waals surface area contributed by atoms with E-state index in [2.05, 4.69) is 9.97 Å². The van der Waals surface area contributed by atoms with Crippen LogP contribution in [0.4, 0.5) is 4.39 Å². The zero-order chi connectivity index (χ0) is 21.9. The fourth-order valence-electron chi connectivity index (χ4n) is 2.59. The number of benzene rings is 2. The Labute approximate surface area is 171 Å². The van der Waals surface area contributed by atoms with Crippen LogP contribution in [0.5, 0.6) is 0 Å². The minimum absolute atomic E-state index is 0.000142. The number of aromatic carboxylic acids is 1. The first kappa shape index (κ1) is 20.9. The van der Waals surface area contributed by atoms with Crippen molar-refractivity contribution in [1.82, 2.24) is 14.6 Å². The Morgan fingerprint density at radius 3 is 2.40 bits per heavy atom. The van der Waals surface area contributed by atoms with Crippen LogP contribution >= 0.6 is 0 Å². The summed E-state index contributed by atoms with van der Waals surface area (Å²) in [6, 6.07) is 12.5. The Hall–Kier alpha value is -3.79. The van der Waals surface area contributed by atoms with Gasteiger partial charge in [0.15, 0.2) is 15.7 Å². The molecule has 0 saturated carbocycles. The lowest BCUT2D eigenvalue weighted by Gasteiger charge is -2.00. The normalized spacial score (nSPS) is 11.0. The Morgan fingerprint density at radius 1 is 1.10 bits per heavy atom. The SMILES string of the molecule is CS(=O)(=O)c1ccc2c(ccn2N)c1.O=C(O)c1cnc(-c2cccc(F)c2)nc1. The molecule has 0 saturated heterocycles. The third-order valence-corrected chi connectivity index (χ3v) is 5.21. The number of nitrogens with zero attached hydrogens (tertiary/aromatic N) is 3. The second-order valence-electron chi connectivity index (χ2n) is 6.33. The van der Waals surface area contributed by atoms with Crippen LogP contribution in [0, 0.1) is 5.82 Å². The Bertz CT molecular complexity index is 1320. The average Bonchev–Trinajstić information content (AvgIpc) is 3.08. The molecule has 30 heavy (non-hydrogen) atoms. The van der Waals surface area contributed by atoms with Crippen LogP contribution in [0.15, 0.2) is 72.0 Å². The molecule has 0 unspecified atom stereocenters. The lowest BCUT2D eigenvalue weighted by Crippen LogP contribution is -2.05. The first-order valence-electron chi connectivity index (χ1n) is 8.52. The number of hydrogen-bond donors (Lipinski definition) is 2. The van der Waals surface area contributed by atoms with Gasteiger partial charge < -0.3 is 10.9 Å². The summed E-state index contributed by atoms with van der Waals surface area (Å²) in [7, 11) is -3.14. The van der Waals surface area contributed by atoms with Gasteiger partial charge in [-0.25, -0.2) is 27.6 Å². The maximum Gasteiger partial charge on any atom is 0.338 e. The molecule has 4 rings (SSSR count). The number of carboxylic acids is 1. The molecule has 2 aromatic carbocycles. The topological polar surface area (TPSA) is 128 Å². The largest absolute Gasteiger partial charge is 0.478 e. The van der Waals surface area contributed by atoms with E-state index in [1.165, 1.54) is 35.5 Å². The Morgan fingerprint density at radius 2 is 1.80 bits per heavy atom. The minimum atomic E-state index is -3.14. The molecule has 4 aromatic rings. The molecular formula is C20H17FN4O4S. The zero-order valence-corrected chi connectivity index (χ0v) is 16.5. The third-order valence-electron chi connectivity index (χ3n) is 4.10. The van der Waals surface area contributed by atoms with Crippen LogP contribution < -0.4 is 5.84 Å². The Balaban J connectivity index is 0.000000172. The molecule has 0 bridgehead atoms. The minimum Gasteiger partial charge on any atom is -0.478 e. The smallest absolute Gasteiger partial charge is 0.338 e. The summed E-state index contributed by atoms with van der Waals surface area (Å²) >= 11 is 0. The molecule has 0 spiro atoms. The van der Waals surface area contributed by atoms with E-state index < -0.39 is 15.8 Å². The maximum atomic E-state index is 12.9. The molecule has 2 heterocycles. The van der Waals surface area contributed by atoms with Gasteiger partial charge in [-0.05, 0) is 36.4 Å². The predicted octanol–water partition coefficient (Wildman–Crippen LogP) is 2.74. The highest BCUT2D eigenvalue weighted by Crippen LogP contribution is 2.19. The fourth-order valence-corrected chi connectivity index (χ4v) is 3.24. The van der Waals surface area contributed by atoms with Gasteiger partial charge in [0.25, 0.3) is 0 Å². The number of rotatable bonds is 3. The second-order valence-corrected chi connectivity index (χ2v) is 8.34. The number of hydrogen-bond acceptors (Lipinski definition) is 6. The van der Waals surface area contributed by atoms with Crippen molar-refractivity contribution in [2.45, 2.75) is 4.90 Å². The van der Waals surface area contributed by atoms with Crippen LogP contribution in [-0.2, 0) is 9.84 Å². The van der Waals surface area contributed by atoms with Gasteiger partial charge >= 0.3 is 5.97 Å². The van der Waals surface area contributed by atoms with Gasteiger partial charge in [-0.3, -0.25) is 4.68 Å². The lowest BCUT2D eigenvalue weighted by atomic mass is 10.2. The quantitative estimate of drug-likeness (QED) is 0.480. The van der Waals surface area contributed by atoms with Crippen molar-refractivity contribution >= 4 is 26.7 Å². The first-order valence-corrected chi connectivity index (χ1v) is 10.4. The van der Waals surface area contributed by atoms with Crippen LogP contribution in [-0.4, -0.2) is 40.4 Å². The second kappa shape index (κ2) is 8.29. The number of nitrogen functional groups attached to an aromatic ring is 1. The van der Waals surface area contributed by atoms with Gasteiger partial charge in [-0.15, -0.1) is 0 Å². The van der Waals surface area contributed by atoms with Crippen molar-refractivity contribution in [1.29, 1.82) is 0 Å². The van der Waals surface area contributed by atoms with Gasteiger partial charge in [0, 0.05) is 35.8 Å². The number of sulfone groups is 1. The van der Waals surface area contributed by atoms with Crippen molar-refractivity contribution < 1.29 is 22.7 Å². The summed E-state index contributed by atoms with van der Waals surface area (Å²) in [6.45, 7) is 0. The van der Waals surface area contributed by atoms with Gasteiger partial charge in [-0.2, -0.15) is 0 Å². The molecule has 3 N–H and O–H groups in total. The molecule has 154 valence electrons. The van der Waals surface area contributed by atoms with Gasteiger partial charge in [0.2, 0.25) is 0 Å². The fraction of sp³-hybridized carbons (Fsp3) is 0.0500. The highest BCUT2D eigenvalue weighted by Gasteiger charge is 2.08. The van der Waals surface area contributed by atoms with Crippen LogP contribution in [0.1, 0.15) is 10.4 Å². The predicted molar refractivity (Wildman–Crippen MR) is 110 cm³/mol. The van der Waals surface area contributed by atoms with Crippen LogP contribution in [0.2, 0.25) is 0 Å². The average molecular weight is 428 g/mol. The molecule has 2 aromatic heterocycles. The summed E-state index contributed by atoms with van der Waals surface area (Å²) in [5.74, 6) is 4.42. The molecule has 0 aliphatic rings. The molecule has 10 heteroatoms. The van der Waals surface area contributed by atoms with E-state index in [1.54, 1.807) is 42.6 Å². The van der Waals surface area contributed by atoms with E-state index in [0.717, 1.165) is 10.9 Å². The van der Waals surface area contributed by atoms with Gasteiger partial charge in [0.1, 0.15) is 5.82 Å². The summed E-state index contributed by atoms with van der Waals surface area (Å²) in [4.78, 5) is 18.6. The molecule has 0 amide bonds. The molecule has 0 aliphatic heterocycles. The number of fused-ring (bicyclic) bond motifs is 1. The molecule has 0 radical (unpaired) electrons. The van der Waals surface area contributed by atoms with E-state index in [-0.39, 0.29) is 11.4 Å². The third kappa shape index (κ3) is 4.78. The summed E-state index contributed by atoms with van der Waals surface area (Å²) in [6.07, 6.45) is 5.26. The summed E-state index contributed by atoms with van der Waals surface area (Å²) < 4.78 is 36.9. The maximum absolute atomic E-state index is 12.9. The number of carboxylic acid groups (broad SMARTS) is 1. The number of halogens is 1. The summed E-state index contributed by atoms with van der Waals surface area (Å²) in [5, 5.41) is 9.48. The molecule has 0 fully saturated rings. The number of carbonyl (C=O) groups is 1. The zero-order valence-electron chi connectivity index (χ0n) is 15.7. The van der Waals surface area contributed by atoms with Crippen LogP contribution in [0.25, 0.3) is 22.3 Å². The standard InChI is InChI=1S/C11H7FN2O2.C9H10N2O2S/c12-9-3-1-2-7(4-9)10-13-5-8(6-14-10)11(15)16;1-14(12,13)8-2-3-9-7(6-8)4-5-11(9)10/h1-6H,(H,15,16);2-6H,10H2,1H3. The molecule has 0 atom stereocenters. The van der Waals surface area contributed by atoms with Crippen molar-refractivity contribution in [3.05, 3.63) is 78.5 Å². The Kier molecular flexibility index (Phi) is 5.79. The molecule has 8 nitrogen and oxygen atoms in total. The lowest BCUT2D eigenvalue weighted by molar-refractivity contribution is 0.0696. The van der Waals surface area contributed by atoms with Crippen molar-refractivity contribution in [2.75, 3.05) is 12.1 Å². The van der Waals surface area contributed by atoms with Crippen molar-refractivity contribution in [3.8, 4) is 11.4 Å². The van der Waals surface area contributed by atoms with Crippen molar-refractivity contribution in [3.63, 3.8) is 0 Å². The number of aromatic nitrogens is 3. The van der Waals surface area contributed by atoms with Crippen molar-refractivity contribution in [2.24, 2.45) is 0 Å². The first-order chi connectivity index (χ1) is 14.1. The highest BCUT2D eigenvalue weighted by atomic mass is 32.2. The van der Waals surface area contributed by atoms with E-state index in [4.69, 9.17) is 10.9 Å². The molecular weight excluding hydrogens is 411 g/mol. The van der Waals surface area contributed by atoms with E-state index in [9.17, 15) is 17.6 Å². The van der Waals surface area contributed by atoms with Gasteiger partial charge in [0.05, 0.1) is 16.0 Å². The molecule has 0 aliphatic carbocycles. The van der Waals surface area contributed by atoms with E-state index >= 15 is 0 Å². The highest BCUT2D eigenvalue weighted by molar-refractivity contribution is 7.90. The van der Waals surface area contributed by atoms with Gasteiger partial charge in [-0.1, -0.05) is 12.1 Å². The number of nitrogens with two attached hydrogens (primary N) is 1. The van der Waals surface area contributed by atoms with E-state index in [1.807, 2.05) is 0 Å². The summed E-state index contributed by atoms with van der Waals surface area (Å²) in [5.41, 5.74) is 1.33. The van der Waals surface area contributed by atoms with E-state index in [0.29, 0.717) is 16.3 Å². The monoisotopic (exact) mass is 428 g/mol. The van der Waals surface area contributed by atoms with Crippen LogP contribution in [0.3, 0.4) is 0 Å².